The summed E-state index contributed by atoms with van der Waals surface area (Å²) in [6.07, 6.45) is 5.13. The van der Waals surface area contributed by atoms with Gasteiger partial charge in [0.1, 0.15) is 5.69 Å². The molecule has 2 aromatic heterocycles. The second-order valence-corrected chi connectivity index (χ2v) is 7.70. The van der Waals surface area contributed by atoms with Crippen LogP contribution in [0, 0.1) is 0 Å². The monoisotopic (exact) mass is 399 g/mol. The highest BCUT2D eigenvalue weighted by molar-refractivity contribution is 6.07. The zero-order valence-corrected chi connectivity index (χ0v) is 16.6. The lowest BCUT2D eigenvalue weighted by molar-refractivity contribution is -0.123. The number of aromatic nitrogens is 3. The van der Waals surface area contributed by atoms with Crippen molar-refractivity contribution in [1.29, 1.82) is 0 Å². The van der Waals surface area contributed by atoms with E-state index in [1.165, 1.54) is 4.57 Å². The lowest BCUT2D eigenvalue weighted by Crippen LogP contribution is -2.34. The van der Waals surface area contributed by atoms with E-state index in [9.17, 15) is 9.59 Å². The Balaban J connectivity index is 1.64. The van der Waals surface area contributed by atoms with Gasteiger partial charge in [-0.3, -0.25) is 14.2 Å². The first-order chi connectivity index (χ1) is 14.5. The lowest BCUT2D eigenvalue weighted by atomic mass is 9.93. The van der Waals surface area contributed by atoms with Crippen LogP contribution in [0.15, 0.2) is 54.9 Å². The molecule has 4 aromatic rings. The average Bonchev–Trinajstić information content (AvgIpc) is 3.45. The summed E-state index contributed by atoms with van der Waals surface area (Å²) in [5, 5.41) is 5.45. The van der Waals surface area contributed by atoms with Crippen molar-refractivity contribution in [2.24, 2.45) is 0 Å². The van der Waals surface area contributed by atoms with Crippen LogP contribution in [0.2, 0.25) is 0 Å². The van der Waals surface area contributed by atoms with Crippen LogP contribution in [0.1, 0.15) is 35.8 Å². The molecule has 1 amide bonds. The molecule has 3 N–H and O–H groups in total. The third-order valence-corrected chi connectivity index (χ3v) is 5.78. The van der Waals surface area contributed by atoms with Gasteiger partial charge < -0.3 is 11.1 Å². The van der Waals surface area contributed by atoms with E-state index in [1.54, 1.807) is 12.4 Å². The molecule has 0 saturated heterocycles. The number of anilines is 1. The van der Waals surface area contributed by atoms with Gasteiger partial charge in [0.05, 0.1) is 10.9 Å². The summed E-state index contributed by atoms with van der Waals surface area (Å²) >= 11 is 0. The number of rotatable bonds is 4. The summed E-state index contributed by atoms with van der Waals surface area (Å²) in [5.41, 5.74) is 7.04. The summed E-state index contributed by atoms with van der Waals surface area (Å²) in [4.78, 5) is 34.5. The molecule has 30 heavy (non-hydrogen) atoms. The van der Waals surface area contributed by atoms with E-state index in [0.29, 0.717) is 17.4 Å². The van der Waals surface area contributed by atoms with E-state index in [2.05, 4.69) is 15.3 Å². The SMILES string of the molecule is CCNC(=O)C1(c2ccc3nc(N)nc(C(=O)n4cc5ccccc5c4)c3c2)CC1. The molecule has 7 nitrogen and oxygen atoms in total. The van der Waals surface area contributed by atoms with Gasteiger partial charge >= 0.3 is 0 Å². The largest absolute Gasteiger partial charge is 0.368 e. The molecule has 0 unspecified atom stereocenters. The number of nitrogens with zero attached hydrogens (tertiary/aromatic N) is 3. The smallest absolute Gasteiger partial charge is 0.281 e. The molecule has 5 rings (SSSR count). The Labute approximate surface area is 172 Å². The summed E-state index contributed by atoms with van der Waals surface area (Å²) in [7, 11) is 0. The standard InChI is InChI=1S/C23H21N5O2/c1-2-25-21(30)23(9-10-23)16-7-8-18-17(11-16)19(27-22(24)26-18)20(29)28-12-14-5-3-4-6-15(14)13-28/h3-8,11-13H,2,9-10H2,1H3,(H,25,30)(H2,24,26,27). The molecule has 0 bridgehead atoms. The predicted molar refractivity (Wildman–Crippen MR) is 115 cm³/mol. The van der Waals surface area contributed by atoms with Crippen LogP contribution < -0.4 is 11.1 Å². The number of nitrogens with two attached hydrogens (primary N) is 1. The second kappa shape index (κ2) is 6.66. The molecular weight excluding hydrogens is 378 g/mol. The highest BCUT2D eigenvalue weighted by Gasteiger charge is 2.51. The van der Waals surface area contributed by atoms with Gasteiger partial charge in [-0.05, 0) is 48.2 Å². The number of likely N-dealkylation sites (N-methyl/N-ethyl adjacent to an activating group) is 1. The van der Waals surface area contributed by atoms with Crippen molar-refractivity contribution in [1.82, 2.24) is 19.9 Å². The number of amides is 1. The minimum atomic E-state index is -0.534. The van der Waals surface area contributed by atoms with Gasteiger partial charge in [0.25, 0.3) is 5.91 Å². The van der Waals surface area contributed by atoms with Crippen LogP contribution in [0.4, 0.5) is 5.95 Å². The topological polar surface area (TPSA) is 103 Å². The zero-order valence-electron chi connectivity index (χ0n) is 16.6. The third kappa shape index (κ3) is 2.82. The Morgan fingerprint density at radius 3 is 2.43 bits per heavy atom. The van der Waals surface area contributed by atoms with Crippen LogP contribution in [-0.2, 0) is 10.2 Å². The molecule has 0 spiro atoms. The van der Waals surface area contributed by atoms with E-state index < -0.39 is 5.41 Å². The van der Waals surface area contributed by atoms with Crippen LogP contribution in [0.5, 0.6) is 0 Å². The van der Waals surface area contributed by atoms with Crippen LogP contribution in [0.25, 0.3) is 21.7 Å². The minimum Gasteiger partial charge on any atom is -0.368 e. The molecule has 7 heteroatoms. The fourth-order valence-electron chi connectivity index (χ4n) is 4.03. The first-order valence-corrected chi connectivity index (χ1v) is 9.99. The summed E-state index contributed by atoms with van der Waals surface area (Å²) < 4.78 is 1.52. The summed E-state index contributed by atoms with van der Waals surface area (Å²) in [6.45, 7) is 2.49. The number of hydrogen-bond donors (Lipinski definition) is 2. The van der Waals surface area contributed by atoms with Gasteiger partial charge in [-0.2, -0.15) is 0 Å². The maximum atomic E-state index is 13.3. The highest BCUT2D eigenvalue weighted by Crippen LogP contribution is 2.49. The Morgan fingerprint density at radius 1 is 1.10 bits per heavy atom. The average molecular weight is 399 g/mol. The molecular formula is C23H21N5O2. The first kappa shape index (κ1) is 18.3. The molecule has 1 aliphatic rings. The molecule has 1 aliphatic carbocycles. The van der Waals surface area contributed by atoms with Gasteiger partial charge in [-0.25, -0.2) is 9.97 Å². The second-order valence-electron chi connectivity index (χ2n) is 7.70. The number of carbonyl (C=O) groups is 2. The summed E-state index contributed by atoms with van der Waals surface area (Å²) in [5.74, 6) is -0.226. The van der Waals surface area contributed by atoms with Crippen molar-refractivity contribution in [2.45, 2.75) is 25.2 Å². The molecule has 0 aliphatic heterocycles. The van der Waals surface area contributed by atoms with E-state index in [0.717, 1.165) is 29.2 Å². The third-order valence-electron chi connectivity index (χ3n) is 5.78. The van der Waals surface area contributed by atoms with Crippen molar-refractivity contribution in [2.75, 3.05) is 12.3 Å². The zero-order chi connectivity index (χ0) is 20.9. The maximum absolute atomic E-state index is 13.3. The van der Waals surface area contributed by atoms with Gasteiger partial charge in [0, 0.05) is 24.3 Å². The van der Waals surface area contributed by atoms with Crippen molar-refractivity contribution in [3.8, 4) is 0 Å². The maximum Gasteiger partial charge on any atom is 0.281 e. The fourth-order valence-corrected chi connectivity index (χ4v) is 4.03. The van der Waals surface area contributed by atoms with Crippen molar-refractivity contribution in [3.63, 3.8) is 0 Å². The minimum absolute atomic E-state index is 0.0187. The quantitative estimate of drug-likeness (QED) is 0.549. The predicted octanol–water partition coefficient (Wildman–Crippen LogP) is 3.02. The Bertz CT molecular complexity index is 1290. The lowest BCUT2D eigenvalue weighted by Gasteiger charge is -2.16. The van der Waals surface area contributed by atoms with E-state index in [4.69, 9.17) is 5.73 Å². The van der Waals surface area contributed by atoms with Gasteiger partial charge in [-0.15, -0.1) is 0 Å². The number of nitrogens with one attached hydrogen (secondary N) is 1. The van der Waals surface area contributed by atoms with Crippen LogP contribution in [-0.4, -0.2) is 32.9 Å². The molecule has 0 atom stereocenters. The van der Waals surface area contributed by atoms with Crippen LogP contribution in [0.3, 0.4) is 0 Å². The van der Waals surface area contributed by atoms with Crippen LogP contribution >= 0.6 is 0 Å². The normalized spacial score (nSPS) is 14.7. The molecule has 1 fully saturated rings. The van der Waals surface area contributed by atoms with E-state index in [1.807, 2.05) is 49.4 Å². The Hall–Kier alpha value is -3.74. The van der Waals surface area contributed by atoms with Gasteiger partial charge in [0.2, 0.25) is 11.9 Å². The fraction of sp³-hybridized carbons (Fsp3) is 0.217. The molecule has 2 aromatic carbocycles. The molecule has 2 heterocycles. The van der Waals surface area contributed by atoms with Gasteiger partial charge in [-0.1, -0.05) is 30.3 Å². The van der Waals surface area contributed by atoms with E-state index >= 15 is 0 Å². The van der Waals surface area contributed by atoms with Gasteiger partial charge in [0.15, 0.2) is 0 Å². The highest BCUT2D eigenvalue weighted by atomic mass is 16.2. The number of fused-ring (bicyclic) bond motifs is 2. The first-order valence-electron chi connectivity index (χ1n) is 9.99. The molecule has 150 valence electrons. The van der Waals surface area contributed by atoms with E-state index in [-0.39, 0.29) is 23.5 Å². The molecule has 0 radical (unpaired) electrons. The Morgan fingerprint density at radius 2 is 1.80 bits per heavy atom. The number of hydrogen-bond acceptors (Lipinski definition) is 5. The van der Waals surface area contributed by atoms with Crippen molar-refractivity contribution in [3.05, 3.63) is 66.1 Å². The van der Waals surface area contributed by atoms with Crippen molar-refractivity contribution >= 4 is 39.4 Å². The summed E-state index contributed by atoms with van der Waals surface area (Å²) in [6, 6.07) is 13.3. The number of nitrogen functional groups attached to an aromatic ring is 1. The van der Waals surface area contributed by atoms with Crippen molar-refractivity contribution < 1.29 is 9.59 Å². The number of carbonyl (C=O) groups excluding carboxylic acids is 2. The number of benzene rings is 2. The molecule has 1 saturated carbocycles. The Kier molecular flexibility index (Phi) is 4.06.